The number of anilines is 1. The van der Waals surface area contributed by atoms with E-state index in [0.29, 0.717) is 6.42 Å². The fraction of sp³-hybridized carbons (Fsp3) is 0.500. The number of ether oxygens (including phenoxy) is 1. The molecule has 0 amide bonds. The molecule has 2 fully saturated rings. The molecule has 2 aliphatic rings. The molecule has 0 aliphatic carbocycles. The number of halogens is 3. The van der Waals surface area contributed by atoms with E-state index in [-0.39, 0.29) is 33.4 Å². The van der Waals surface area contributed by atoms with Gasteiger partial charge in [-0.3, -0.25) is 0 Å². The van der Waals surface area contributed by atoms with Crippen molar-refractivity contribution in [3.05, 3.63) is 21.4 Å². The Morgan fingerprint density at radius 2 is 2.19 bits per heavy atom. The van der Waals surface area contributed by atoms with Gasteiger partial charge in [-0.05, 0) is 41.3 Å². The molecule has 0 radical (unpaired) electrons. The van der Waals surface area contributed by atoms with Gasteiger partial charge in [0.2, 0.25) is 10.0 Å². The highest BCUT2D eigenvalue weighted by atomic mass is 79.9. The number of nitrogens with two attached hydrogens (primary N) is 1. The Hall–Kier alpha value is -0.410. The first-order chi connectivity index (χ1) is 9.79. The Labute approximate surface area is 135 Å². The van der Waals surface area contributed by atoms with Gasteiger partial charge >= 0.3 is 0 Å². The van der Waals surface area contributed by atoms with Gasteiger partial charge in [0.25, 0.3) is 0 Å². The van der Waals surface area contributed by atoms with Crippen molar-refractivity contribution in [3.63, 3.8) is 0 Å². The Bertz CT molecular complexity index is 700. The molecule has 0 saturated carbocycles. The predicted molar refractivity (Wildman–Crippen MR) is 80.1 cm³/mol. The molecule has 0 spiro atoms. The number of benzene rings is 1. The van der Waals surface area contributed by atoms with Crippen LogP contribution in [0, 0.1) is 5.82 Å². The molecule has 2 bridgehead atoms. The minimum Gasteiger partial charge on any atom is -0.395 e. The first-order valence-electron chi connectivity index (χ1n) is 6.40. The third-order valence-electron chi connectivity index (χ3n) is 3.86. The van der Waals surface area contributed by atoms with Crippen LogP contribution in [0.25, 0.3) is 0 Å². The normalized spacial score (nSPS) is 28.2. The second-order valence-electron chi connectivity index (χ2n) is 5.24. The monoisotopic (exact) mass is 398 g/mol. The third kappa shape index (κ3) is 2.68. The molecular weight excluding hydrogens is 387 g/mol. The lowest BCUT2D eigenvalue weighted by Crippen LogP contribution is -2.41. The summed E-state index contributed by atoms with van der Waals surface area (Å²) in [6.07, 6.45) is 2.30. The van der Waals surface area contributed by atoms with Gasteiger partial charge in [0, 0.05) is 0 Å². The largest absolute Gasteiger partial charge is 0.395 e. The topological polar surface area (TPSA) is 81.4 Å². The molecule has 2 heterocycles. The minimum atomic E-state index is -4.05. The second kappa shape index (κ2) is 5.34. The van der Waals surface area contributed by atoms with Crippen molar-refractivity contribution < 1.29 is 17.5 Å². The molecule has 21 heavy (non-hydrogen) atoms. The van der Waals surface area contributed by atoms with Gasteiger partial charge in [-0.15, -0.1) is 0 Å². The number of sulfonamides is 1. The molecule has 2 saturated heterocycles. The summed E-state index contributed by atoms with van der Waals surface area (Å²) in [7, 11) is -4.05. The number of nitrogens with one attached hydrogen (secondary N) is 1. The van der Waals surface area contributed by atoms with E-state index >= 15 is 0 Å². The molecule has 1 aromatic rings. The van der Waals surface area contributed by atoms with Crippen LogP contribution in [0.2, 0.25) is 5.02 Å². The van der Waals surface area contributed by atoms with E-state index in [4.69, 9.17) is 22.1 Å². The van der Waals surface area contributed by atoms with Gasteiger partial charge in [0.15, 0.2) is 5.82 Å². The van der Waals surface area contributed by atoms with E-state index in [1.54, 1.807) is 0 Å². The smallest absolute Gasteiger partial charge is 0.243 e. The van der Waals surface area contributed by atoms with Gasteiger partial charge in [-0.2, -0.15) is 0 Å². The molecule has 0 aromatic heterocycles. The van der Waals surface area contributed by atoms with Crippen molar-refractivity contribution in [2.75, 3.05) is 5.73 Å². The Morgan fingerprint density at radius 3 is 2.76 bits per heavy atom. The minimum absolute atomic E-state index is 0.0402. The molecule has 3 N–H and O–H groups in total. The fourth-order valence-electron chi connectivity index (χ4n) is 2.82. The number of hydrogen-bond acceptors (Lipinski definition) is 4. The average molecular weight is 400 g/mol. The first kappa shape index (κ1) is 15.5. The summed E-state index contributed by atoms with van der Waals surface area (Å²) in [6.45, 7) is 0. The highest BCUT2D eigenvalue weighted by molar-refractivity contribution is 9.10. The molecule has 2 aliphatic heterocycles. The standard InChI is InChI=1S/C12H13BrClFN2O3S/c13-10-6(14)4-9(11(15)12(10)16)21(18,19)17-7-3-5-1-2-8(7)20-5/h4-5,7-8,17H,1-3,16H2. The Kier molecular flexibility index (Phi) is 3.94. The van der Waals surface area contributed by atoms with Gasteiger partial charge in [-0.25, -0.2) is 17.5 Å². The van der Waals surface area contributed by atoms with Crippen LogP contribution >= 0.6 is 27.5 Å². The van der Waals surface area contributed by atoms with Crippen LogP contribution in [0.1, 0.15) is 19.3 Å². The average Bonchev–Trinajstić information content (AvgIpc) is 3.02. The Morgan fingerprint density at radius 1 is 1.48 bits per heavy atom. The summed E-state index contributed by atoms with van der Waals surface area (Å²) in [4.78, 5) is -0.545. The van der Waals surface area contributed by atoms with E-state index in [1.165, 1.54) is 0 Å². The quantitative estimate of drug-likeness (QED) is 0.604. The predicted octanol–water partition coefficient (Wildman–Crippen LogP) is 2.42. The summed E-state index contributed by atoms with van der Waals surface area (Å²) in [5, 5.41) is 0.0402. The molecule has 116 valence electrons. The third-order valence-corrected chi connectivity index (χ3v) is 6.73. The maximum atomic E-state index is 14.1. The van der Waals surface area contributed by atoms with Crippen molar-refractivity contribution in [2.24, 2.45) is 0 Å². The summed E-state index contributed by atoms with van der Waals surface area (Å²) >= 11 is 8.88. The second-order valence-corrected chi connectivity index (χ2v) is 8.12. The zero-order chi connectivity index (χ0) is 15.4. The van der Waals surface area contributed by atoms with Crippen molar-refractivity contribution >= 4 is 43.2 Å². The van der Waals surface area contributed by atoms with Crippen LogP contribution < -0.4 is 10.5 Å². The molecular formula is C12H13BrClFN2O3S. The van der Waals surface area contributed by atoms with Gasteiger partial charge in [0.1, 0.15) is 4.90 Å². The molecule has 9 heteroatoms. The maximum absolute atomic E-state index is 14.1. The van der Waals surface area contributed by atoms with Crippen molar-refractivity contribution in [1.82, 2.24) is 4.72 Å². The van der Waals surface area contributed by atoms with Crippen LogP contribution in [-0.2, 0) is 14.8 Å². The van der Waals surface area contributed by atoms with Crippen molar-refractivity contribution in [1.29, 1.82) is 0 Å². The zero-order valence-corrected chi connectivity index (χ0v) is 13.9. The molecule has 1 aromatic carbocycles. The number of fused-ring (bicyclic) bond motifs is 2. The van der Waals surface area contributed by atoms with Crippen LogP contribution in [-0.4, -0.2) is 26.7 Å². The molecule has 3 atom stereocenters. The lowest BCUT2D eigenvalue weighted by Gasteiger charge is -2.20. The lowest BCUT2D eigenvalue weighted by atomic mass is 9.96. The van der Waals surface area contributed by atoms with Crippen LogP contribution in [0.15, 0.2) is 15.4 Å². The van der Waals surface area contributed by atoms with Gasteiger partial charge < -0.3 is 10.5 Å². The number of rotatable bonds is 3. The van der Waals surface area contributed by atoms with Gasteiger partial charge in [0.05, 0.1) is 33.4 Å². The first-order valence-corrected chi connectivity index (χ1v) is 9.06. The molecule has 3 unspecified atom stereocenters. The lowest BCUT2D eigenvalue weighted by molar-refractivity contribution is 0.0996. The van der Waals surface area contributed by atoms with Crippen LogP contribution in [0.5, 0.6) is 0 Å². The van der Waals surface area contributed by atoms with E-state index in [0.717, 1.165) is 18.9 Å². The van der Waals surface area contributed by atoms with E-state index in [2.05, 4.69) is 20.7 Å². The van der Waals surface area contributed by atoms with E-state index < -0.39 is 20.7 Å². The van der Waals surface area contributed by atoms with Crippen molar-refractivity contribution in [3.8, 4) is 0 Å². The van der Waals surface area contributed by atoms with Gasteiger partial charge in [-0.1, -0.05) is 11.6 Å². The highest BCUT2D eigenvalue weighted by Gasteiger charge is 2.43. The summed E-state index contributed by atoms with van der Waals surface area (Å²) < 4.78 is 47.1. The fourth-order valence-corrected chi connectivity index (χ4v) is 4.78. The van der Waals surface area contributed by atoms with E-state index in [9.17, 15) is 12.8 Å². The number of hydrogen-bond donors (Lipinski definition) is 2. The zero-order valence-electron chi connectivity index (χ0n) is 10.8. The summed E-state index contributed by atoms with van der Waals surface area (Å²) in [5.74, 6) is -1.01. The number of nitrogen functional groups attached to an aromatic ring is 1. The summed E-state index contributed by atoms with van der Waals surface area (Å²) in [6, 6.07) is 0.713. The van der Waals surface area contributed by atoms with E-state index in [1.807, 2.05) is 0 Å². The van der Waals surface area contributed by atoms with Crippen molar-refractivity contribution in [2.45, 2.75) is 42.4 Å². The molecule has 5 nitrogen and oxygen atoms in total. The Balaban J connectivity index is 1.92. The SMILES string of the molecule is Nc1c(F)c(S(=O)(=O)NC2CC3CCC2O3)cc(Cl)c1Br. The van der Waals surface area contributed by atoms with Crippen LogP contribution in [0.3, 0.4) is 0 Å². The summed E-state index contributed by atoms with van der Waals surface area (Å²) in [5.41, 5.74) is 5.20. The van der Waals surface area contributed by atoms with Crippen LogP contribution in [0.4, 0.5) is 10.1 Å². The molecule has 3 rings (SSSR count). The highest BCUT2D eigenvalue weighted by Crippen LogP contribution is 2.37. The maximum Gasteiger partial charge on any atom is 0.243 e.